The van der Waals surface area contributed by atoms with E-state index in [9.17, 15) is 15.2 Å². The number of nitrogens with zero attached hydrogens (tertiary/aromatic N) is 1. The molecule has 0 saturated carbocycles. The van der Waals surface area contributed by atoms with Gasteiger partial charge >= 0.3 is 0 Å². The molecule has 0 aromatic heterocycles. The molecular formula is C18H14BrIN2O2. The molecule has 0 aliphatic heterocycles. The number of hydrogen-bond donors (Lipinski definition) is 2. The average molecular weight is 497 g/mol. The number of benzene rings is 2. The Morgan fingerprint density at radius 1 is 1.38 bits per heavy atom. The van der Waals surface area contributed by atoms with Gasteiger partial charge in [-0.2, -0.15) is 5.26 Å². The van der Waals surface area contributed by atoms with Crippen molar-refractivity contribution in [3.8, 4) is 11.8 Å². The number of phenols is 1. The monoisotopic (exact) mass is 496 g/mol. The molecule has 0 radical (unpaired) electrons. The molecule has 0 aliphatic rings. The van der Waals surface area contributed by atoms with Crippen LogP contribution in [0.3, 0.4) is 0 Å². The Morgan fingerprint density at radius 3 is 2.62 bits per heavy atom. The van der Waals surface area contributed by atoms with Gasteiger partial charge in [-0.1, -0.05) is 30.3 Å². The Hall–Kier alpha value is -1.85. The van der Waals surface area contributed by atoms with Crippen molar-refractivity contribution >= 4 is 50.5 Å². The Labute approximate surface area is 162 Å². The summed E-state index contributed by atoms with van der Waals surface area (Å²) in [6.45, 7) is 1.86. The van der Waals surface area contributed by atoms with E-state index in [1.807, 2.05) is 65.9 Å². The molecule has 0 unspecified atom stereocenters. The van der Waals surface area contributed by atoms with Crippen molar-refractivity contribution in [2.45, 2.75) is 13.0 Å². The molecule has 2 aromatic carbocycles. The highest BCUT2D eigenvalue weighted by atomic mass is 127. The van der Waals surface area contributed by atoms with Gasteiger partial charge in [0, 0.05) is 0 Å². The summed E-state index contributed by atoms with van der Waals surface area (Å²) in [7, 11) is 0. The third kappa shape index (κ3) is 4.58. The maximum Gasteiger partial charge on any atom is 0.262 e. The van der Waals surface area contributed by atoms with Gasteiger partial charge in [0.25, 0.3) is 5.91 Å². The third-order valence-corrected chi connectivity index (χ3v) is 4.79. The van der Waals surface area contributed by atoms with Gasteiger partial charge in [-0.25, -0.2) is 0 Å². The first-order valence-electron chi connectivity index (χ1n) is 7.08. The van der Waals surface area contributed by atoms with E-state index in [0.29, 0.717) is 13.6 Å². The fourth-order valence-electron chi connectivity index (χ4n) is 2.08. The Bertz CT molecular complexity index is 806. The molecule has 6 heteroatoms. The summed E-state index contributed by atoms with van der Waals surface area (Å²) < 4.78 is 1.14. The maximum absolute atomic E-state index is 12.3. The minimum Gasteiger partial charge on any atom is -0.506 e. The van der Waals surface area contributed by atoms with Crippen molar-refractivity contribution in [3.63, 3.8) is 0 Å². The van der Waals surface area contributed by atoms with Crippen LogP contribution in [0.4, 0.5) is 0 Å². The zero-order valence-electron chi connectivity index (χ0n) is 12.8. The molecule has 4 nitrogen and oxygen atoms in total. The summed E-state index contributed by atoms with van der Waals surface area (Å²) in [5.41, 5.74) is 1.62. The van der Waals surface area contributed by atoms with Crippen molar-refractivity contribution in [3.05, 3.63) is 67.2 Å². The molecule has 2 rings (SSSR count). The Balaban J connectivity index is 2.22. The zero-order chi connectivity index (χ0) is 17.7. The fraction of sp³-hybridized carbons (Fsp3) is 0.111. The molecule has 0 fully saturated rings. The van der Waals surface area contributed by atoms with Gasteiger partial charge in [-0.15, -0.1) is 0 Å². The van der Waals surface area contributed by atoms with E-state index in [1.54, 1.807) is 12.1 Å². The Kier molecular flexibility index (Phi) is 6.40. The molecule has 0 spiro atoms. The summed E-state index contributed by atoms with van der Waals surface area (Å²) >= 11 is 5.24. The van der Waals surface area contributed by atoms with Crippen molar-refractivity contribution < 1.29 is 9.90 Å². The van der Waals surface area contributed by atoms with Crippen LogP contribution in [0.2, 0.25) is 0 Å². The van der Waals surface area contributed by atoms with Crippen LogP contribution in [0.15, 0.2) is 52.5 Å². The van der Waals surface area contributed by atoms with Gasteiger partial charge in [0.15, 0.2) is 0 Å². The lowest BCUT2D eigenvalue weighted by atomic mass is 10.1. The summed E-state index contributed by atoms with van der Waals surface area (Å²) in [5.74, 6) is -0.304. The fourth-order valence-corrected chi connectivity index (χ4v) is 3.58. The largest absolute Gasteiger partial charge is 0.506 e. The van der Waals surface area contributed by atoms with Crippen LogP contribution in [-0.2, 0) is 4.79 Å². The van der Waals surface area contributed by atoms with E-state index in [1.165, 1.54) is 6.08 Å². The van der Waals surface area contributed by atoms with Crippen LogP contribution >= 0.6 is 38.5 Å². The third-order valence-electron chi connectivity index (χ3n) is 3.36. The number of rotatable bonds is 4. The van der Waals surface area contributed by atoms with E-state index < -0.39 is 5.91 Å². The predicted octanol–water partition coefficient (Wildman–Crippen LogP) is 4.54. The van der Waals surface area contributed by atoms with Crippen LogP contribution < -0.4 is 5.32 Å². The minimum atomic E-state index is -0.437. The SMILES string of the molecule is C[C@H](NC(=O)/C(C#N)=C\c1cc(Br)c(O)c(I)c1)c1ccccc1. The molecular weight excluding hydrogens is 483 g/mol. The molecule has 122 valence electrons. The van der Waals surface area contributed by atoms with Crippen molar-refractivity contribution in [1.29, 1.82) is 5.26 Å². The molecule has 1 amide bonds. The standard InChI is InChI=1S/C18H14BrIN2O2/c1-11(13-5-3-2-4-6-13)22-18(24)14(10-21)7-12-8-15(19)17(23)16(20)9-12/h2-9,11,23H,1H3,(H,22,24)/b14-7-/t11-/m0/s1. The topological polar surface area (TPSA) is 73.1 Å². The summed E-state index contributed by atoms with van der Waals surface area (Å²) in [5, 5.41) is 21.9. The number of carbonyl (C=O) groups is 1. The van der Waals surface area contributed by atoms with E-state index in [2.05, 4.69) is 21.2 Å². The molecule has 2 N–H and O–H groups in total. The number of halogens is 2. The van der Waals surface area contributed by atoms with Gasteiger partial charge < -0.3 is 10.4 Å². The maximum atomic E-state index is 12.3. The predicted molar refractivity (Wildman–Crippen MR) is 105 cm³/mol. The lowest BCUT2D eigenvalue weighted by molar-refractivity contribution is -0.117. The number of carbonyl (C=O) groups excluding carboxylic acids is 1. The summed E-state index contributed by atoms with van der Waals surface area (Å²) in [6.07, 6.45) is 1.50. The second-order valence-electron chi connectivity index (χ2n) is 5.11. The van der Waals surface area contributed by atoms with E-state index in [4.69, 9.17) is 0 Å². The molecule has 0 heterocycles. The molecule has 0 aliphatic carbocycles. The molecule has 0 bridgehead atoms. The number of nitrogens with one attached hydrogen (secondary N) is 1. The van der Waals surface area contributed by atoms with Crippen LogP contribution in [0.5, 0.6) is 5.75 Å². The quantitative estimate of drug-likeness (QED) is 0.370. The van der Waals surface area contributed by atoms with E-state index >= 15 is 0 Å². The second-order valence-corrected chi connectivity index (χ2v) is 7.13. The second kappa shape index (κ2) is 8.31. The first-order valence-corrected chi connectivity index (χ1v) is 8.95. The summed E-state index contributed by atoms with van der Waals surface area (Å²) in [4.78, 5) is 12.3. The van der Waals surface area contributed by atoms with Crippen molar-refractivity contribution in [2.75, 3.05) is 0 Å². The number of amides is 1. The van der Waals surface area contributed by atoms with E-state index in [0.717, 1.165) is 5.56 Å². The van der Waals surface area contributed by atoms with Gasteiger partial charge in [-0.05, 0) is 74.8 Å². The highest BCUT2D eigenvalue weighted by Crippen LogP contribution is 2.31. The smallest absolute Gasteiger partial charge is 0.262 e. The highest BCUT2D eigenvalue weighted by molar-refractivity contribution is 14.1. The molecule has 1 atom stereocenters. The normalized spacial score (nSPS) is 12.3. The number of hydrogen-bond acceptors (Lipinski definition) is 3. The van der Waals surface area contributed by atoms with Crippen LogP contribution in [0.1, 0.15) is 24.1 Å². The van der Waals surface area contributed by atoms with Crippen LogP contribution in [0, 0.1) is 14.9 Å². The molecule has 24 heavy (non-hydrogen) atoms. The van der Waals surface area contributed by atoms with Crippen LogP contribution in [0.25, 0.3) is 6.08 Å². The highest BCUT2D eigenvalue weighted by Gasteiger charge is 2.14. The lowest BCUT2D eigenvalue weighted by Crippen LogP contribution is -2.27. The van der Waals surface area contributed by atoms with Crippen molar-refractivity contribution in [1.82, 2.24) is 5.32 Å². The van der Waals surface area contributed by atoms with Gasteiger partial charge in [0.1, 0.15) is 17.4 Å². The minimum absolute atomic E-state index is 0.00571. The Morgan fingerprint density at radius 2 is 2.04 bits per heavy atom. The average Bonchev–Trinajstić information content (AvgIpc) is 2.58. The van der Waals surface area contributed by atoms with Crippen LogP contribution in [-0.4, -0.2) is 11.0 Å². The zero-order valence-corrected chi connectivity index (χ0v) is 16.5. The number of phenolic OH excluding ortho intramolecular Hbond substituents is 1. The lowest BCUT2D eigenvalue weighted by Gasteiger charge is -2.13. The molecule has 2 aromatic rings. The van der Waals surface area contributed by atoms with E-state index in [-0.39, 0.29) is 17.4 Å². The number of nitriles is 1. The van der Waals surface area contributed by atoms with Gasteiger partial charge in [0.05, 0.1) is 14.1 Å². The summed E-state index contributed by atoms with van der Waals surface area (Å²) in [6, 6.07) is 14.6. The first-order chi connectivity index (χ1) is 11.4. The molecule has 0 saturated heterocycles. The number of aromatic hydroxyl groups is 1. The first kappa shape index (κ1) is 18.5. The van der Waals surface area contributed by atoms with Gasteiger partial charge in [0.2, 0.25) is 0 Å². The van der Waals surface area contributed by atoms with Gasteiger partial charge in [-0.3, -0.25) is 4.79 Å². The van der Waals surface area contributed by atoms with Crippen molar-refractivity contribution in [2.24, 2.45) is 0 Å².